The van der Waals surface area contributed by atoms with Gasteiger partial charge in [-0.25, -0.2) is 4.98 Å². The van der Waals surface area contributed by atoms with Gasteiger partial charge in [-0.05, 0) is 19.4 Å². The number of hydrogen-bond donors (Lipinski definition) is 2. The molecule has 1 rings (SSSR count). The summed E-state index contributed by atoms with van der Waals surface area (Å²) in [6.07, 6.45) is 4.76. The Labute approximate surface area is 108 Å². The average molecular weight is 256 g/mol. The summed E-state index contributed by atoms with van der Waals surface area (Å²) in [7, 11) is 0. The van der Waals surface area contributed by atoms with E-state index in [4.69, 9.17) is 5.73 Å². The Balaban J connectivity index is 2.21. The highest BCUT2D eigenvalue weighted by molar-refractivity contribution is 7.09. The van der Waals surface area contributed by atoms with Crippen molar-refractivity contribution in [3.05, 3.63) is 5.82 Å². The van der Waals surface area contributed by atoms with Gasteiger partial charge in [0.2, 0.25) is 5.13 Å². The van der Waals surface area contributed by atoms with Crippen LogP contribution < -0.4 is 11.1 Å². The number of anilines is 1. The maximum Gasteiger partial charge on any atom is 0.202 e. The fraction of sp³-hybridized carbons (Fsp3) is 0.833. The maximum atomic E-state index is 5.45. The van der Waals surface area contributed by atoms with E-state index in [1.165, 1.54) is 30.8 Å². The minimum atomic E-state index is 0.0392. The molecule has 3 N–H and O–H groups in total. The van der Waals surface area contributed by atoms with E-state index < -0.39 is 0 Å². The molecule has 0 spiro atoms. The molecule has 17 heavy (non-hydrogen) atoms. The minimum Gasteiger partial charge on any atom is -0.360 e. The molecule has 0 aliphatic heterocycles. The Bertz CT molecular complexity index is 317. The largest absolute Gasteiger partial charge is 0.360 e. The molecule has 0 saturated heterocycles. The standard InChI is InChI=1S/C12H24N4S/c1-12(2,3)10-15-11(17-16-10)14-9-7-5-4-6-8-13/h4-9,13H2,1-3H3,(H,14,15,16). The van der Waals surface area contributed by atoms with Gasteiger partial charge in [-0.1, -0.05) is 33.6 Å². The molecule has 0 atom stereocenters. The Kier molecular flexibility index (Phi) is 5.85. The summed E-state index contributed by atoms with van der Waals surface area (Å²) in [6, 6.07) is 0. The zero-order valence-electron chi connectivity index (χ0n) is 11.1. The molecule has 1 aromatic rings. The van der Waals surface area contributed by atoms with Crippen LogP contribution in [0.4, 0.5) is 5.13 Å². The van der Waals surface area contributed by atoms with Crippen molar-refractivity contribution in [1.29, 1.82) is 0 Å². The first kappa shape index (κ1) is 14.4. The van der Waals surface area contributed by atoms with Crippen molar-refractivity contribution in [1.82, 2.24) is 9.36 Å². The van der Waals surface area contributed by atoms with Gasteiger partial charge in [0, 0.05) is 23.5 Å². The second kappa shape index (κ2) is 6.91. The highest BCUT2D eigenvalue weighted by Gasteiger charge is 2.19. The number of unbranched alkanes of at least 4 members (excludes halogenated alkanes) is 3. The van der Waals surface area contributed by atoms with E-state index in [9.17, 15) is 0 Å². The molecule has 0 amide bonds. The summed E-state index contributed by atoms with van der Waals surface area (Å²) < 4.78 is 4.37. The van der Waals surface area contributed by atoms with Gasteiger partial charge in [0.15, 0.2) is 0 Å². The Morgan fingerprint density at radius 2 is 1.88 bits per heavy atom. The number of hydrogen-bond acceptors (Lipinski definition) is 5. The Morgan fingerprint density at radius 3 is 2.47 bits per heavy atom. The van der Waals surface area contributed by atoms with E-state index in [1.807, 2.05) is 0 Å². The normalized spacial score (nSPS) is 11.8. The lowest BCUT2D eigenvalue weighted by Crippen LogP contribution is -2.13. The zero-order chi connectivity index (χ0) is 12.7. The first-order valence-electron chi connectivity index (χ1n) is 6.32. The van der Waals surface area contributed by atoms with Crippen LogP contribution in [-0.2, 0) is 5.41 Å². The van der Waals surface area contributed by atoms with Crippen molar-refractivity contribution in [3.63, 3.8) is 0 Å². The SMILES string of the molecule is CC(C)(C)c1nsc(NCCCCCCN)n1. The second-order valence-electron chi connectivity index (χ2n) is 5.30. The topological polar surface area (TPSA) is 63.8 Å². The molecule has 4 nitrogen and oxygen atoms in total. The van der Waals surface area contributed by atoms with Gasteiger partial charge in [-0.3, -0.25) is 0 Å². The van der Waals surface area contributed by atoms with Crippen molar-refractivity contribution < 1.29 is 0 Å². The molecule has 0 aliphatic rings. The second-order valence-corrected chi connectivity index (χ2v) is 6.05. The molecule has 0 aromatic carbocycles. The minimum absolute atomic E-state index is 0.0392. The monoisotopic (exact) mass is 256 g/mol. The molecule has 0 aliphatic carbocycles. The van der Waals surface area contributed by atoms with Crippen LogP contribution in [0.3, 0.4) is 0 Å². The van der Waals surface area contributed by atoms with Crippen LogP contribution in [0.25, 0.3) is 0 Å². The summed E-state index contributed by atoms with van der Waals surface area (Å²) in [5.74, 6) is 0.924. The van der Waals surface area contributed by atoms with Gasteiger partial charge in [0.1, 0.15) is 5.82 Å². The van der Waals surface area contributed by atoms with Gasteiger partial charge in [0.25, 0.3) is 0 Å². The molecule has 0 fully saturated rings. The molecule has 0 radical (unpaired) electrons. The molecule has 98 valence electrons. The molecule has 0 bridgehead atoms. The van der Waals surface area contributed by atoms with Crippen LogP contribution in [0.1, 0.15) is 52.3 Å². The fourth-order valence-corrected chi connectivity index (χ4v) is 2.20. The highest BCUT2D eigenvalue weighted by Crippen LogP contribution is 2.22. The zero-order valence-corrected chi connectivity index (χ0v) is 11.9. The van der Waals surface area contributed by atoms with Crippen LogP contribution in [0.5, 0.6) is 0 Å². The lowest BCUT2D eigenvalue weighted by molar-refractivity contribution is 0.555. The van der Waals surface area contributed by atoms with E-state index in [-0.39, 0.29) is 5.41 Å². The third kappa shape index (κ3) is 5.46. The molecule has 1 aromatic heterocycles. The number of nitrogens with zero attached hydrogens (tertiary/aromatic N) is 2. The van der Waals surface area contributed by atoms with Crippen LogP contribution in [0.15, 0.2) is 0 Å². The Morgan fingerprint density at radius 1 is 1.18 bits per heavy atom. The third-order valence-electron chi connectivity index (χ3n) is 2.50. The molecule has 0 saturated carbocycles. The lowest BCUT2D eigenvalue weighted by atomic mass is 9.96. The van der Waals surface area contributed by atoms with Crippen LogP contribution in [0.2, 0.25) is 0 Å². The van der Waals surface area contributed by atoms with E-state index in [0.29, 0.717) is 0 Å². The molecule has 5 heteroatoms. The molecular weight excluding hydrogens is 232 g/mol. The van der Waals surface area contributed by atoms with E-state index in [2.05, 4.69) is 35.4 Å². The first-order chi connectivity index (χ1) is 8.04. The quantitative estimate of drug-likeness (QED) is 0.736. The number of rotatable bonds is 7. The number of aromatic nitrogens is 2. The summed E-state index contributed by atoms with van der Waals surface area (Å²) in [6.45, 7) is 8.17. The van der Waals surface area contributed by atoms with E-state index >= 15 is 0 Å². The van der Waals surface area contributed by atoms with Crippen molar-refractivity contribution in [2.75, 3.05) is 18.4 Å². The molecule has 1 heterocycles. The van der Waals surface area contributed by atoms with Gasteiger partial charge < -0.3 is 11.1 Å². The van der Waals surface area contributed by atoms with Crippen LogP contribution in [0, 0.1) is 0 Å². The van der Waals surface area contributed by atoms with Gasteiger partial charge >= 0.3 is 0 Å². The summed E-state index contributed by atoms with van der Waals surface area (Å²) in [5.41, 5.74) is 5.48. The van der Waals surface area contributed by atoms with Gasteiger partial charge in [0.05, 0.1) is 0 Å². The summed E-state index contributed by atoms with van der Waals surface area (Å²) in [5, 5.41) is 4.27. The summed E-state index contributed by atoms with van der Waals surface area (Å²) >= 11 is 1.45. The van der Waals surface area contributed by atoms with Gasteiger partial charge in [-0.2, -0.15) is 4.37 Å². The maximum absolute atomic E-state index is 5.45. The molecular formula is C12H24N4S. The Hall–Kier alpha value is -0.680. The van der Waals surface area contributed by atoms with Crippen LogP contribution in [-0.4, -0.2) is 22.4 Å². The van der Waals surface area contributed by atoms with Crippen LogP contribution >= 0.6 is 11.5 Å². The van der Waals surface area contributed by atoms with Crippen molar-refractivity contribution in [2.45, 2.75) is 51.9 Å². The molecule has 0 unspecified atom stereocenters. The van der Waals surface area contributed by atoms with Crippen molar-refractivity contribution in [2.24, 2.45) is 5.73 Å². The predicted octanol–water partition coefficient (Wildman–Crippen LogP) is 2.77. The smallest absolute Gasteiger partial charge is 0.202 e. The van der Waals surface area contributed by atoms with Gasteiger partial charge in [-0.15, -0.1) is 0 Å². The number of nitrogens with two attached hydrogens (primary N) is 1. The van der Waals surface area contributed by atoms with Crippen molar-refractivity contribution >= 4 is 16.7 Å². The highest BCUT2D eigenvalue weighted by atomic mass is 32.1. The van der Waals surface area contributed by atoms with E-state index in [0.717, 1.165) is 30.5 Å². The average Bonchev–Trinajstić information content (AvgIpc) is 2.71. The lowest BCUT2D eigenvalue weighted by Gasteiger charge is -2.12. The summed E-state index contributed by atoms with van der Waals surface area (Å²) in [4.78, 5) is 4.49. The van der Waals surface area contributed by atoms with Crippen molar-refractivity contribution in [3.8, 4) is 0 Å². The van der Waals surface area contributed by atoms with E-state index in [1.54, 1.807) is 0 Å². The first-order valence-corrected chi connectivity index (χ1v) is 7.09. The predicted molar refractivity (Wildman–Crippen MR) is 74.6 cm³/mol. The number of nitrogens with one attached hydrogen (secondary N) is 1. The third-order valence-corrected chi connectivity index (χ3v) is 3.18. The fourth-order valence-electron chi connectivity index (χ4n) is 1.42.